The van der Waals surface area contributed by atoms with E-state index in [0.717, 1.165) is 21.3 Å². The fourth-order valence-electron chi connectivity index (χ4n) is 1.99. The molecule has 0 unspecified atom stereocenters. The van der Waals surface area contributed by atoms with Gasteiger partial charge in [0.2, 0.25) is 0 Å². The summed E-state index contributed by atoms with van der Waals surface area (Å²) >= 11 is 3.43. The van der Waals surface area contributed by atoms with E-state index in [2.05, 4.69) is 21.2 Å². The second-order valence-corrected chi connectivity index (χ2v) is 5.47. The number of nitriles is 1. The van der Waals surface area contributed by atoms with Crippen molar-refractivity contribution in [2.24, 2.45) is 0 Å². The fraction of sp³-hybridized carbons (Fsp3) is 0.125. The third-order valence-corrected chi connectivity index (χ3v) is 3.47. The molecule has 1 amide bonds. The highest BCUT2D eigenvalue weighted by Crippen LogP contribution is 2.25. The molecule has 0 radical (unpaired) electrons. The summed E-state index contributed by atoms with van der Waals surface area (Å²) in [4.78, 5) is 12.2. The molecular weight excluding hydrogens is 316 g/mol. The smallest absolute Gasteiger partial charge is 0.255 e. The first kappa shape index (κ1) is 14.3. The Morgan fingerprint density at radius 2 is 1.70 bits per heavy atom. The summed E-state index contributed by atoms with van der Waals surface area (Å²) in [5.74, 6) is -0.178. The number of carbonyl (C=O) groups excluding carboxylic acids is 1. The van der Waals surface area contributed by atoms with Gasteiger partial charge in [0.15, 0.2) is 0 Å². The number of benzene rings is 2. The standard InChI is InChI=1S/C16H13BrN2O/c1-10-7-14(17)8-11(2)15(10)19-16(20)13-5-3-12(9-18)4-6-13/h3-8H,1-2H3,(H,19,20). The first-order chi connectivity index (χ1) is 9.51. The molecule has 4 heteroatoms. The Kier molecular flexibility index (Phi) is 4.21. The molecule has 0 aromatic heterocycles. The van der Waals surface area contributed by atoms with Gasteiger partial charge in [-0.2, -0.15) is 5.26 Å². The van der Waals surface area contributed by atoms with E-state index in [1.54, 1.807) is 24.3 Å². The van der Waals surface area contributed by atoms with E-state index in [0.29, 0.717) is 11.1 Å². The van der Waals surface area contributed by atoms with Crippen LogP contribution in [0.5, 0.6) is 0 Å². The summed E-state index contributed by atoms with van der Waals surface area (Å²) in [7, 11) is 0. The number of carbonyl (C=O) groups is 1. The molecular formula is C16H13BrN2O. The Morgan fingerprint density at radius 3 is 2.20 bits per heavy atom. The number of nitrogens with zero attached hydrogens (tertiary/aromatic N) is 1. The number of halogens is 1. The minimum atomic E-state index is -0.178. The number of nitrogens with one attached hydrogen (secondary N) is 1. The van der Waals surface area contributed by atoms with Gasteiger partial charge in [-0.15, -0.1) is 0 Å². The van der Waals surface area contributed by atoms with Crippen molar-refractivity contribution in [3.63, 3.8) is 0 Å². The Hall–Kier alpha value is -2.12. The third kappa shape index (κ3) is 3.06. The fourth-order valence-corrected chi connectivity index (χ4v) is 2.68. The molecule has 2 aromatic rings. The van der Waals surface area contributed by atoms with Gasteiger partial charge in [-0.25, -0.2) is 0 Å². The Bertz CT molecular complexity index is 676. The maximum absolute atomic E-state index is 12.2. The second-order valence-electron chi connectivity index (χ2n) is 4.56. The lowest BCUT2D eigenvalue weighted by molar-refractivity contribution is 0.102. The lowest BCUT2D eigenvalue weighted by Crippen LogP contribution is -2.13. The minimum Gasteiger partial charge on any atom is -0.322 e. The van der Waals surface area contributed by atoms with Gasteiger partial charge in [-0.05, 0) is 61.4 Å². The Labute approximate surface area is 126 Å². The number of hydrogen-bond donors (Lipinski definition) is 1. The molecule has 0 aliphatic carbocycles. The second kappa shape index (κ2) is 5.89. The molecule has 100 valence electrons. The summed E-state index contributed by atoms with van der Waals surface area (Å²) in [6, 6.07) is 12.5. The lowest BCUT2D eigenvalue weighted by atomic mass is 10.1. The zero-order chi connectivity index (χ0) is 14.7. The van der Waals surface area contributed by atoms with Crippen molar-refractivity contribution in [3.8, 4) is 6.07 Å². The number of hydrogen-bond acceptors (Lipinski definition) is 2. The van der Waals surface area contributed by atoms with Crippen molar-refractivity contribution in [1.29, 1.82) is 5.26 Å². The van der Waals surface area contributed by atoms with Crippen molar-refractivity contribution in [3.05, 3.63) is 63.1 Å². The number of amides is 1. The van der Waals surface area contributed by atoms with E-state index in [4.69, 9.17) is 5.26 Å². The average Bonchev–Trinajstić information content (AvgIpc) is 2.42. The molecule has 0 aliphatic heterocycles. The van der Waals surface area contributed by atoms with E-state index in [-0.39, 0.29) is 5.91 Å². The van der Waals surface area contributed by atoms with E-state index < -0.39 is 0 Å². The predicted molar refractivity (Wildman–Crippen MR) is 82.7 cm³/mol. The predicted octanol–water partition coefficient (Wildman–Crippen LogP) is 4.19. The van der Waals surface area contributed by atoms with E-state index in [1.165, 1.54) is 0 Å². The van der Waals surface area contributed by atoms with E-state index in [9.17, 15) is 4.79 Å². The van der Waals surface area contributed by atoms with Gasteiger partial charge < -0.3 is 5.32 Å². The largest absolute Gasteiger partial charge is 0.322 e. The van der Waals surface area contributed by atoms with E-state index in [1.807, 2.05) is 32.0 Å². The van der Waals surface area contributed by atoms with Gasteiger partial charge in [0.05, 0.1) is 11.6 Å². The van der Waals surface area contributed by atoms with Crippen molar-refractivity contribution < 1.29 is 4.79 Å². The zero-order valence-corrected chi connectivity index (χ0v) is 12.8. The lowest BCUT2D eigenvalue weighted by Gasteiger charge is -2.12. The Balaban J connectivity index is 2.26. The maximum atomic E-state index is 12.2. The van der Waals surface area contributed by atoms with Crippen LogP contribution in [0.25, 0.3) is 0 Å². The topological polar surface area (TPSA) is 52.9 Å². The molecule has 0 saturated carbocycles. The zero-order valence-electron chi connectivity index (χ0n) is 11.2. The van der Waals surface area contributed by atoms with Crippen LogP contribution in [-0.4, -0.2) is 5.91 Å². The van der Waals surface area contributed by atoms with Crippen molar-refractivity contribution in [2.75, 3.05) is 5.32 Å². The summed E-state index contributed by atoms with van der Waals surface area (Å²) in [6.45, 7) is 3.90. The summed E-state index contributed by atoms with van der Waals surface area (Å²) in [5.41, 5.74) is 3.89. The van der Waals surface area contributed by atoms with Crippen LogP contribution in [0.15, 0.2) is 40.9 Å². The quantitative estimate of drug-likeness (QED) is 0.898. The molecule has 0 heterocycles. The minimum absolute atomic E-state index is 0.178. The molecule has 0 aliphatic rings. The van der Waals surface area contributed by atoms with Gasteiger partial charge in [0.25, 0.3) is 5.91 Å². The highest BCUT2D eigenvalue weighted by atomic mass is 79.9. The normalized spacial score (nSPS) is 9.90. The molecule has 1 N–H and O–H groups in total. The van der Waals surface area contributed by atoms with Crippen LogP contribution < -0.4 is 5.32 Å². The molecule has 0 atom stereocenters. The van der Waals surface area contributed by atoms with Crippen LogP contribution in [0.3, 0.4) is 0 Å². The summed E-state index contributed by atoms with van der Waals surface area (Å²) < 4.78 is 0.990. The molecule has 3 nitrogen and oxygen atoms in total. The van der Waals surface area contributed by atoms with Crippen LogP contribution >= 0.6 is 15.9 Å². The van der Waals surface area contributed by atoms with Crippen LogP contribution in [0.1, 0.15) is 27.0 Å². The number of anilines is 1. The Morgan fingerprint density at radius 1 is 1.15 bits per heavy atom. The highest BCUT2D eigenvalue weighted by Gasteiger charge is 2.10. The first-order valence-corrected chi connectivity index (χ1v) is 6.89. The van der Waals surface area contributed by atoms with Crippen molar-refractivity contribution >= 4 is 27.5 Å². The summed E-state index contributed by atoms with van der Waals surface area (Å²) in [6.07, 6.45) is 0. The average molecular weight is 329 g/mol. The molecule has 20 heavy (non-hydrogen) atoms. The van der Waals surface area contributed by atoms with Crippen LogP contribution in [-0.2, 0) is 0 Å². The summed E-state index contributed by atoms with van der Waals surface area (Å²) in [5, 5.41) is 11.7. The highest BCUT2D eigenvalue weighted by molar-refractivity contribution is 9.10. The first-order valence-electron chi connectivity index (χ1n) is 6.09. The van der Waals surface area contributed by atoms with Gasteiger partial charge in [0.1, 0.15) is 0 Å². The molecule has 0 fully saturated rings. The molecule has 0 spiro atoms. The van der Waals surface area contributed by atoms with Gasteiger partial charge in [0, 0.05) is 15.7 Å². The van der Waals surface area contributed by atoms with Crippen molar-refractivity contribution in [1.82, 2.24) is 0 Å². The molecule has 0 bridgehead atoms. The van der Waals surface area contributed by atoms with Gasteiger partial charge in [-0.1, -0.05) is 15.9 Å². The molecule has 2 aromatic carbocycles. The monoisotopic (exact) mass is 328 g/mol. The van der Waals surface area contributed by atoms with Crippen molar-refractivity contribution in [2.45, 2.75) is 13.8 Å². The third-order valence-electron chi connectivity index (χ3n) is 3.01. The molecule has 2 rings (SSSR count). The SMILES string of the molecule is Cc1cc(Br)cc(C)c1NC(=O)c1ccc(C#N)cc1. The number of rotatable bonds is 2. The van der Waals surface area contributed by atoms with Gasteiger partial charge >= 0.3 is 0 Å². The van der Waals surface area contributed by atoms with E-state index >= 15 is 0 Å². The van der Waals surface area contributed by atoms with Crippen LogP contribution in [0.4, 0.5) is 5.69 Å². The molecule has 0 saturated heterocycles. The van der Waals surface area contributed by atoms with Crippen LogP contribution in [0, 0.1) is 25.2 Å². The van der Waals surface area contributed by atoms with Gasteiger partial charge in [-0.3, -0.25) is 4.79 Å². The number of aryl methyl sites for hydroxylation is 2. The van der Waals surface area contributed by atoms with Crippen LogP contribution in [0.2, 0.25) is 0 Å². The maximum Gasteiger partial charge on any atom is 0.255 e.